The smallest absolute Gasteiger partial charge is 0.0195 e. The molecule has 0 nitrogen and oxygen atoms in total. The van der Waals surface area contributed by atoms with Gasteiger partial charge in [-0.1, -0.05) is 11.1 Å². The van der Waals surface area contributed by atoms with Crippen molar-refractivity contribution in [3.8, 4) is 0 Å². The molecular weight excluding hydrogens is 252 g/mol. The van der Waals surface area contributed by atoms with Gasteiger partial charge in [-0.05, 0) is 118 Å². The van der Waals surface area contributed by atoms with Crippen LogP contribution in [-0.4, -0.2) is 0 Å². The Kier molecular flexibility index (Phi) is 2.31. The molecule has 8 aliphatic carbocycles. The second-order valence-corrected chi connectivity index (χ2v) is 10.3. The van der Waals surface area contributed by atoms with Gasteiger partial charge in [-0.15, -0.1) is 0 Å². The van der Waals surface area contributed by atoms with E-state index in [2.05, 4.69) is 0 Å². The van der Waals surface area contributed by atoms with E-state index < -0.39 is 0 Å². The van der Waals surface area contributed by atoms with Crippen molar-refractivity contribution in [3.63, 3.8) is 0 Å². The lowest BCUT2D eigenvalue weighted by atomic mass is 9.47. The lowest BCUT2D eigenvalue weighted by Crippen LogP contribution is -2.47. The zero-order valence-electron chi connectivity index (χ0n) is 13.4. The molecular formula is C21H30. The third-order valence-electron chi connectivity index (χ3n) is 8.65. The lowest BCUT2D eigenvalue weighted by molar-refractivity contribution is -0.0551. The highest BCUT2D eigenvalue weighted by atomic mass is 14.6. The maximum Gasteiger partial charge on any atom is -0.0195 e. The molecule has 0 heteroatoms. The molecule has 0 aliphatic heterocycles. The van der Waals surface area contributed by atoms with Crippen LogP contribution in [-0.2, 0) is 0 Å². The number of hydrogen-bond donors (Lipinski definition) is 0. The van der Waals surface area contributed by atoms with Crippen molar-refractivity contribution in [2.24, 2.45) is 40.9 Å². The zero-order valence-corrected chi connectivity index (χ0v) is 13.4. The van der Waals surface area contributed by atoms with Gasteiger partial charge < -0.3 is 0 Å². The van der Waals surface area contributed by atoms with Gasteiger partial charge in [0.2, 0.25) is 0 Å². The second kappa shape index (κ2) is 3.98. The summed E-state index contributed by atoms with van der Waals surface area (Å²) in [4.78, 5) is 0. The Morgan fingerprint density at radius 2 is 1.19 bits per heavy atom. The van der Waals surface area contributed by atoms with E-state index in [1.807, 2.05) is 11.1 Å². The molecule has 8 bridgehead atoms. The first-order valence-corrected chi connectivity index (χ1v) is 9.95. The van der Waals surface area contributed by atoms with Crippen LogP contribution in [0.2, 0.25) is 0 Å². The summed E-state index contributed by atoms with van der Waals surface area (Å²) >= 11 is 0. The minimum absolute atomic E-state index is 0.798. The van der Waals surface area contributed by atoms with Crippen molar-refractivity contribution in [2.75, 3.05) is 0 Å². The van der Waals surface area contributed by atoms with Gasteiger partial charge in [-0.25, -0.2) is 0 Å². The lowest BCUT2D eigenvalue weighted by Gasteiger charge is -2.58. The van der Waals surface area contributed by atoms with Crippen LogP contribution < -0.4 is 0 Å². The molecule has 2 unspecified atom stereocenters. The molecule has 6 saturated carbocycles. The Hall–Kier alpha value is -0.260. The van der Waals surface area contributed by atoms with Crippen molar-refractivity contribution < 1.29 is 0 Å². The van der Waals surface area contributed by atoms with Crippen molar-refractivity contribution in [2.45, 2.75) is 77.0 Å². The van der Waals surface area contributed by atoms with E-state index in [4.69, 9.17) is 0 Å². The van der Waals surface area contributed by atoms with E-state index in [1.54, 1.807) is 64.2 Å². The average molecular weight is 282 g/mol. The third-order valence-corrected chi connectivity index (χ3v) is 8.65. The molecule has 0 spiro atoms. The van der Waals surface area contributed by atoms with Gasteiger partial charge in [-0.2, -0.15) is 0 Å². The molecule has 0 aromatic heterocycles. The fourth-order valence-corrected chi connectivity index (χ4v) is 8.69. The minimum atomic E-state index is 0.798. The molecule has 2 atom stereocenters. The van der Waals surface area contributed by atoms with Gasteiger partial charge in [0.1, 0.15) is 0 Å². The van der Waals surface area contributed by atoms with Gasteiger partial charge in [0.05, 0.1) is 0 Å². The monoisotopic (exact) mass is 282 g/mol. The molecule has 0 saturated heterocycles. The maximum atomic E-state index is 2.05. The molecule has 0 aromatic carbocycles. The Balaban J connectivity index is 1.33. The fraction of sp³-hybridized carbons (Fsp3) is 0.905. The summed E-state index contributed by atoms with van der Waals surface area (Å²) in [6, 6.07) is 0. The molecule has 0 aromatic rings. The van der Waals surface area contributed by atoms with Crippen molar-refractivity contribution in [1.29, 1.82) is 0 Å². The molecule has 21 heavy (non-hydrogen) atoms. The predicted molar refractivity (Wildman–Crippen MR) is 85.8 cm³/mol. The Morgan fingerprint density at radius 3 is 1.71 bits per heavy atom. The SMILES string of the molecule is C1C2=C(CC34CC5CC(CC(C5)C3)C4)C3CC1CC(C2)C3. The van der Waals surface area contributed by atoms with Crippen LogP contribution in [0.3, 0.4) is 0 Å². The highest BCUT2D eigenvalue weighted by Crippen LogP contribution is 2.64. The maximum absolute atomic E-state index is 2.05. The van der Waals surface area contributed by atoms with Crippen molar-refractivity contribution in [1.82, 2.24) is 0 Å². The summed E-state index contributed by atoms with van der Waals surface area (Å²) in [7, 11) is 0. The van der Waals surface area contributed by atoms with E-state index in [-0.39, 0.29) is 0 Å². The summed E-state index contributed by atoms with van der Waals surface area (Å²) in [5.74, 6) is 6.69. The fourth-order valence-electron chi connectivity index (χ4n) is 8.69. The van der Waals surface area contributed by atoms with E-state index in [1.165, 1.54) is 12.8 Å². The first-order chi connectivity index (χ1) is 10.2. The largest absolute Gasteiger partial charge is 0.0702 e. The zero-order chi connectivity index (χ0) is 13.6. The van der Waals surface area contributed by atoms with Gasteiger partial charge in [0.15, 0.2) is 0 Å². The molecule has 8 aliphatic rings. The van der Waals surface area contributed by atoms with Crippen LogP contribution in [0.1, 0.15) is 77.0 Å². The highest BCUT2D eigenvalue weighted by molar-refractivity contribution is 5.29. The number of hydrogen-bond acceptors (Lipinski definition) is 0. The topological polar surface area (TPSA) is 0 Å². The third kappa shape index (κ3) is 1.74. The summed E-state index contributed by atoms with van der Waals surface area (Å²) in [5, 5.41) is 0. The van der Waals surface area contributed by atoms with Crippen LogP contribution >= 0.6 is 0 Å². The van der Waals surface area contributed by atoms with Crippen molar-refractivity contribution in [3.05, 3.63) is 11.1 Å². The quantitative estimate of drug-likeness (QED) is 0.567. The highest BCUT2D eigenvalue weighted by Gasteiger charge is 2.52. The average Bonchev–Trinajstić information content (AvgIpc) is 2.40. The minimum Gasteiger partial charge on any atom is -0.0702 e. The second-order valence-electron chi connectivity index (χ2n) is 10.3. The molecule has 0 heterocycles. The van der Waals surface area contributed by atoms with Gasteiger partial charge in [0, 0.05) is 0 Å². The summed E-state index contributed by atoms with van der Waals surface area (Å²) in [6.45, 7) is 0. The normalized spacial score (nSPS) is 56.6. The van der Waals surface area contributed by atoms with E-state index in [0.717, 1.165) is 40.9 Å². The summed E-state index contributed by atoms with van der Waals surface area (Å²) < 4.78 is 0. The molecule has 8 rings (SSSR count). The Bertz CT molecular complexity index is 459. The first-order valence-electron chi connectivity index (χ1n) is 9.95. The van der Waals surface area contributed by atoms with Crippen LogP contribution in [0.25, 0.3) is 0 Å². The van der Waals surface area contributed by atoms with Crippen LogP contribution in [0.15, 0.2) is 11.1 Å². The Morgan fingerprint density at radius 1 is 0.667 bits per heavy atom. The van der Waals surface area contributed by atoms with Crippen LogP contribution in [0, 0.1) is 40.9 Å². The summed E-state index contributed by atoms with van der Waals surface area (Å²) in [5.41, 5.74) is 4.84. The van der Waals surface area contributed by atoms with E-state index >= 15 is 0 Å². The standard InChI is InChI=1S/C21H30/c1-13-5-18-7-14(1)8-19(6-13)20(18)12-21-9-15-2-16(10-21)4-17(3-15)11-21/h13-18H,1-12H2. The van der Waals surface area contributed by atoms with Crippen LogP contribution in [0.5, 0.6) is 0 Å². The van der Waals surface area contributed by atoms with E-state index in [0.29, 0.717) is 0 Å². The molecule has 0 amide bonds. The molecule has 0 radical (unpaired) electrons. The number of rotatable bonds is 2. The van der Waals surface area contributed by atoms with Gasteiger partial charge >= 0.3 is 0 Å². The van der Waals surface area contributed by atoms with Crippen LogP contribution in [0.4, 0.5) is 0 Å². The van der Waals surface area contributed by atoms with Crippen molar-refractivity contribution >= 4 is 0 Å². The van der Waals surface area contributed by atoms with Gasteiger partial charge in [-0.3, -0.25) is 0 Å². The first kappa shape index (κ1) is 12.2. The number of allylic oxidation sites excluding steroid dienone is 2. The summed E-state index contributed by atoms with van der Waals surface area (Å²) in [6.07, 6.45) is 19.1. The Labute approximate surface area is 129 Å². The molecule has 114 valence electrons. The van der Waals surface area contributed by atoms with Gasteiger partial charge in [0.25, 0.3) is 0 Å². The predicted octanol–water partition coefficient (Wildman–Crippen LogP) is 5.73. The van der Waals surface area contributed by atoms with E-state index in [9.17, 15) is 0 Å². The molecule has 0 N–H and O–H groups in total. The molecule has 6 fully saturated rings.